The van der Waals surface area contributed by atoms with Crippen LogP contribution >= 0.6 is 0 Å². The van der Waals surface area contributed by atoms with Gasteiger partial charge in [-0.25, -0.2) is 8.42 Å². The fourth-order valence-electron chi connectivity index (χ4n) is 1.14. The molecule has 1 rings (SSSR count). The van der Waals surface area contributed by atoms with Crippen LogP contribution in [0.15, 0.2) is 24.3 Å². The minimum absolute atomic E-state index is 0.113. The molecule has 1 aromatic carbocycles. The summed E-state index contributed by atoms with van der Waals surface area (Å²) in [6, 6.07) is 6.08. The van der Waals surface area contributed by atoms with Gasteiger partial charge in [0, 0.05) is 7.11 Å². The summed E-state index contributed by atoms with van der Waals surface area (Å²) in [5.41, 5.74) is 5.36. The van der Waals surface area contributed by atoms with Gasteiger partial charge < -0.3 is 10.5 Å². The topological polar surface area (TPSA) is 98.5 Å². The van der Waals surface area contributed by atoms with Crippen LogP contribution in [0.2, 0.25) is 0 Å². The Bertz CT molecular complexity index is 484. The van der Waals surface area contributed by atoms with Crippen molar-refractivity contribution in [3.05, 3.63) is 29.8 Å². The zero-order valence-electron chi connectivity index (χ0n) is 8.64. The summed E-state index contributed by atoms with van der Waals surface area (Å²) in [6.45, 7) is 0. The number of hydrogen-bond donors (Lipinski definition) is 2. The van der Waals surface area contributed by atoms with Gasteiger partial charge in [0.15, 0.2) is 5.94 Å². The number of para-hydroxylation sites is 1. The first-order valence-corrected chi connectivity index (χ1v) is 6.00. The number of benzene rings is 1. The number of ether oxygens (including phenoxy) is 1. The van der Waals surface area contributed by atoms with Crippen LogP contribution in [0.5, 0.6) is 0 Å². The molecule has 0 aliphatic rings. The van der Waals surface area contributed by atoms with Gasteiger partial charge in [0.25, 0.3) is 15.9 Å². The van der Waals surface area contributed by atoms with Crippen molar-refractivity contribution in [2.24, 2.45) is 5.73 Å². The van der Waals surface area contributed by atoms with Gasteiger partial charge >= 0.3 is 0 Å². The maximum Gasteiger partial charge on any atom is 0.257 e. The molecule has 0 saturated heterocycles. The molecule has 0 spiro atoms. The van der Waals surface area contributed by atoms with Crippen LogP contribution in [0.1, 0.15) is 10.4 Å². The Balaban J connectivity index is 3.02. The highest BCUT2D eigenvalue weighted by Gasteiger charge is 2.14. The van der Waals surface area contributed by atoms with Crippen molar-refractivity contribution in [3.63, 3.8) is 0 Å². The summed E-state index contributed by atoms with van der Waals surface area (Å²) in [5.74, 6) is -1.18. The minimum Gasteiger partial charge on any atom is -0.367 e. The number of sulfonamides is 1. The van der Waals surface area contributed by atoms with Gasteiger partial charge in [-0.05, 0) is 12.1 Å². The highest BCUT2D eigenvalue weighted by molar-refractivity contribution is 7.92. The highest BCUT2D eigenvalue weighted by Crippen LogP contribution is 2.15. The third kappa shape index (κ3) is 3.21. The minimum atomic E-state index is -3.62. The molecule has 0 aliphatic heterocycles. The summed E-state index contributed by atoms with van der Waals surface area (Å²) in [7, 11) is -2.36. The van der Waals surface area contributed by atoms with E-state index in [0.29, 0.717) is 0 Å². The first-order chi connectivity index (χ1) is 7.46. The van der Waals surface area contributed by atoms with Crippen LogP contribution in [0.3, 0.4) is 0 Å². The molecule has 0 aliphatic carbocycles. The third-order valence-electron chi connectivity index (χ3n) is 1.73. The van der Waals surface area contributed by atoms with Crippen LogP contribution < -0.4 is 10.5 Å². The van der Waals surface area contributed by atoms with Crippen LogP contribution in [-0.2, 0) is 14.8 Å². The standard InChI is InChI=1S/C9H12N2O4S/c1-15-6-16(13,14)11-8-5-3-2-4-7(8)9(10)12/h2-5,11H,6H2,1H3,(H2,10,12). The molecule has 0 aromatic heterocycles. The van der Waals surface area contributed by atoms with E-state index in [1.807, 2.05) is 0 Å². The van der Waals surface area contributed by atoms with Crippen LogP contribution in [-0.4, -0.2) is 27.4 Å². The van der Waals surface area contributed by atoms with E-state index in [9.17, 15) is 13.2 Å². The van der Waals surface area contributed by atoms with Crippen molar-refractivity contribution in [3.8, 4) is 0 Å². The predicted molar refractivity (Wildman–Crippen MR) is 59.4 cm³/mol. The Morgan fingerprint density at radius 2 is 2.06 bits per heavy atom. The third-order valence-corrected chi connectivity index (χ3v) is 2.81. The molecule has 0 bridgehead atoms. The van der Waals surface area contributed by atoms with Crippen molar-refractivity contribution in [1.29, 1.82) is 0 Å². The van der Waals surface area contributed by atoms with Crippen LogP contribution in [0.4, 0.5) is 5.69 Å². The zero-order valence-corrected chi connectivity index (χ0v) is 9.45. The van der Waals surface area contributed by atoms with E-state index < -0.39 is 21.9 Å². The van der Waals surface area contributed by atoms with Crippen molar-refractivity contribution < 1.29 is 17.9 Å². The van der Waals surface area contributed by atoms with E-state index in [1.54, 1.807) is 12.1 Å². The number of amides is 1. The molecule has 0 fully saturated rings. The smallest absolute Gasteiger partial charge is 0.257 e. The highest BCUT2D eigenvalue weighted by atomic mass is 32.2. The maximum atomic E-state index is 11.4. The Labute approximate surface area is 93.5 Å². The van der Waals surface area contributed by atoms with Crippen molar-refractivity contribution >= 4 is 21.6 Å². The molecule has 3 N–H and O–H groups in total. The molecule has 7 heteroatoms. The lowest BCUT2D eigenvalue weighted by atomic mass is 10.2. The summed E-state index contributed by atoms with van der Waals surface area (Å²) in [6.07, 6.45) is 0. The molecule has 1 aromatic rings. The van der Waals surface area contributed by atoms with Gasteiger partial charge in [0.2, 0.25) is 0 Å². The summed E-state index contributed by atoms with van der Waals surface area (Å²) < 4.78 is 29.5. The number of anilines is 1. The average molecular weight is 244 g/mol. The molecule has 1 amide bonds. The largest absolute Gasteiger partial charge is 0.367 e. The van der Waals surface area contributed by atoms with E-state index >= 15 is 0 Å². The number of carbonyl (C=O) groups excluding carboxylic acids is 1. The van der Waals surface area contributed by atoms with E-state index in [4.69, 9.17) is 5.73 Å². The number of nitrogens with one attached hydrogen (secondary N) is 1. The fraction of sp³-hybridized carbons (Fsp3) is 0.222. The Morgan fingerprint density at radius 3 is 2.62 bits per heavy atom. The number of hydrogen-bond acceptors (Lipinski definition) is 4. The van der Waals surface area contributed by atoms with Gasteiger partial charge in [-0.2, -0.15) is 0 Å². The molecule has 0 unspecified atom stereocenters. The number of methoxy groups -OCH3 is 1. The van der Waals surface area contributed by atoms with Crippen molar-refractivity contribution in [2.75, 3.05) is 17.8 Å². The molecule has 0 saturated carbocycles. The lowest BCUT2D eigenvalue weighted by molar-refractivity contribution is 0.100. The molecule has 0 heterocycles. The fourth-order valence-corrected chi connectivity index (χ4v) is 2.02. The molecule has 0 radical (unpaired) electrons. The number of primary amides is 1. The van der Waals surface area contributed by atoms with Gasteiger partial charge in [-0.15, -0.1) is 0 Å². The van der Waals surface area contributed by atoms with Gasteiger partial charge in [0.1, 0.15) is 0 Å². The van der Waals surface area contributed by atoms with Crippen molar-refractivity contribution in [1.82, 2.24) is 0 Å². The molecular weight excluding hydrogens is 232 g/mol. The second-order valence-corrected chi connectivity index (χ2v) is 4.70. The van der Waals surface area contributed by atoms with Gasteiger partial charge in [-0.3, -0.25) is 9.52 Å². The van der Waals surface area contributed by atoms with Gasteiger partial charge in [0.05, 0.1) is 11.3 Å². The number of rotatable bonds is 5. The summed E-state index contributed by atoms with van der Waals surface area (Å²) in [4.78, 5) is 11.0. The molecule has 6 nitrogen and oxygen atoms in total. The molecule has 16 heavy (non-hydrogen) atoms. The Morgan fingerprint density at radius 1 is 1.44 bits per heavy atom. The van der Waals surface area contributed by atoms with E-state index in [0.717, 1.165) is 0 Å². The molecular formula is C9H12N2O4S. The average Bonchev–Trinajstić information content (AvgIpc) is 2.17. The van der Waals surface area contributed by atoms with Crippen molar-refractivity contribution in [2.45, 2.75) is 0 Å². The quantitative estimate of drug-likeness (QED) is 0.769. The SMILES string of the molecule is COCS(=O)(=O)Nc1ccccc1C(N)=O. The van der Waals surface area contributed by atoms with Crippen LogP contribution in [0, 0.1) is 0 Å². The zero-order chi connectivity index (χ0) is 12.2. The monoisotopic (exact) mass is 244 g/mol. The second kappa shape index (κ2) is 4.95. The maximum absolute atomic E-state index is 11.4. The number of carbonyl (C=O) groups is 1. The van der Waals surface area contributed by atoms with E-state index in [2.05, 4.69) is 9.46 Å². The van der Waals surface area contributed by atoms with E-state index in [1.165, 1.54) is 19.2 Å². The predicted octanol–water partition coefficient (Wildman–Crippen LogP) is 0.131. The lowest BCUT2D eigenvalue weighted by Crippen LogP contribution is -2.21. The van der Waals surface area contributed by atoms with E-state index in [-0.39, 0.29) is 11.3 Å². The molecule has 0 atom stereocenters. The summed E-state index contributed by atoms with van der Waals surface area (Å²) >= 11 is 0. The first kappa shape index (κ1) is 12.5. The lowest BCUT2D eigenvalue weighted by Gasteiger charge is -2.09. The van der Waals surface area contributed by atoms with Crippen LogP contribution in [0.25, 0.3) is 0 Å². The van der Waals surface area contributed by atoms with Gasteiger partial charge in [-0.1, -0.05) is 12.1 Å². The second-order valence-electron chi connectivity index (χ2n) is 3.03. The summed E-state index contributed by atoms with van der Waals surface area (Å²) in [5, 5.41) is 0. The first-order valence-electron chi connectivity index (χ1n) is 4.34. The normalized spacial score (nSPS) is 11.1. The number of nitrogens with two attached hydrogens (primary N) is 1. The molecule has 88 valence electrons. The Kier molecular flexibility index (Phi) is 3.86. The Hall–Kier alpha value is -1.60.